The molecule has 15 heteroatoms. The number of aliphatic hydroxyl groups is 4. The molecule has 1 aromatic carbocycles. The molecule has 0 aromatic heterocycles. The fourth-order valence-corrected chi connectivity index (χ4v) is 10.3. The minimum atomic E-state index is -1.81. The summed E-state index contributed by atoms with van der Waals surface area (Å²) in [7, 11) is 5.56. The second kappa shape index (κ2) is 21.3. The van der Waals surface area contributed by atoms with Gasteiger partial charge in [0.15, 0.2) is 18.7 Å². The van der Waals surface area contributed by atoms with Crippen LogP contribution in [0, 0.1) is 23.7 Å². The zero-order valence-corrected chi connectivity index (χ0v) is 40.4. The van der Waals surface area contributed by atoms with Crippen LogP contribution in [0.2, 0.25) is 0 Å². The molecule has 18 atom stereocenters. The summed E-state index contributed by atoms with van der Waals surface area (Å²) in [5, 5.41) is 55.2. The van der Waals surface area contributed by atoms with Gasteiger partial charge >= 0.3 is 5.97 Å². The predicted molar refractivity (Wildman–Crippen MR) is 239 cm³/mol. The molecule has 15 nitrogen and oxygen atoms in total. The third-order valence-corrected chi connectivity index (χ3v) is 14.7. The van der Waals surface area contributed by atoms with Crippen LogP contribution in [0.25, 0.3) is 0 Å². The molecule has 0 radical (unpaired) electrons. The fraction of sp³-hybridized carbons (Fsp3) is 0.854. The van der Waals surface area contributed by atoms with Gasteiger partial charge in [-0.15, -0.1) is 0 Å². The Morgan fingerprint density at radius 3 is 2.21 bits per heavy atom. The molecule has 1 aliphatic carbocycles. The first kappa shape index (κ1) is 52.0. The molecule has 362 valence electrons. The number of carbonyl (C=O) groups is 1. The van der Waals surface area contributed by atoms with E-state index in [1.165, 1.54) is 19.8 Å². The van der Waals surface area contributed by atoms with Crippen LogP contribution in [-0.2, 0) is 33.2 Å². The zero-order chi connectivity index (χ0) is 46.7. The summed E-state index contributed by atoms with van der Waals surface area (Å²) in [5.74, 6) is -1.35. The summed E-state index contributed by atoms with van der Waals surface area (Å²) < 4.78 is 46.3. The standard InChI is InChI=1S/C48H83N3O12/c1-14-37-47(10,55)41(52)32(6)50-25-28(2)23-45(8,54)42(63-44-40(60-35-18-16-15-17-19-35)36(51(11)12)22-29(3)58-44)30(4)39(31(5)43(53)61-37)62-38-24-46(9,57-13)48(56,33(7)59-38)27-49-26-34-20-21-34/h15-19,28-34,36-42,44,49-50,52,54-56H,14,20-27H2,1-13H3/t28-,29-,30+,31-,32-,33+,36+,37-,38+,39+,40-,41-,42-,44+,45-,46-,47-,48+/m1/s1. The van der Waals surface area contributed by atoms with E-state index in [2.05, 4.69) is 15.5 Å². The molecule has 5 rings (SSSR count). The van der Waals surface area contributed by atoms with E-state index in [-0.39, 0.29) is 43.9 Å². The number of nitrogens with one attached hydrogen (secondary N) is 2. The Hall–Kier alpha value is -1.99. The van der Waals surface area contributed by atoms with Crippen molar-refractivity contribution in [1.82, 2.24) is 15.5 Å². The first-order chi connectivity index (χ1) is 29.5. The van der Waals surface area contributed by atoms with E-state index in [9.17, 15) is 25.2 Å². The number of esters is 1. The Morgan fingerprint density at radius 1 is 0.937 bits per heavy atom. The number of hydrogen-bond donors (Lipinski definition) is 6. The van der Waals surface area contributed by atoms with Crippen LogP contribution in [0.3, 0.4) is 0 Å². The van der Waals surface area contributed by atoms with Crippen LogP contribution in [0.15, 0.2) is 30.3 Å². The van der Waals surface area contributed by atoms with E-state index in [0.29, 0.717) is 24.6 Å². The first-order valence-corrected chi connectivity index (χ1v) is 23.5. The summed E-state index contributed by atoms with van der Waals surface area (Å²) in [4.78, 5) is 16.7. The lowest BCUT2D eigenvalue weighted by atomic mass is 9.75. The van der Waals surface area contributed by atoms with Crippen LogP contribution in [-0.4, -0.2) is 162 Å². The molecule has 6 N–H and O–H groups in total. The van der Waals surface area contributed by atoms with Gasteiger partial charge < -0.3 is 69.1 Å². The van der Waals surface area contributed by atoms with Crippen molar-refractivity contribution in [2.45, 2.75) is 198 Å². The van der Waals surface area contributed by atoms with Gasteiger partial charge in [0.2, 0.25) is 0 Å². The third kappa shape index (κ3) is 12.1. The lowest BCUT2D eigenvalue weighted by Gasteiger charge is -2.53. The molecule has 0 unspecified atom stereocenters. The minimum Gasteiger partial charge on any atom is -0.483 e. The smallest absolute Gasteiger partial charge is 0.311 e. The molecule has 63 heavy (non-hydrogen) atoms. The number of ether oxygens (including phenoxy) is 7. The Kier molecular flexibility index (Phi) is 17.6. The summed E-state index contributed by atoms with van der Waals surface area (Å²) >= 11 is 0. The van der Waals surface area contributed by atoms with Gasteiger partial charge in [0.05, 0.1) is 42.0 Å². The van der Waals surface area contributed by atoms with Crippen molar-refractivity contribution in [2.24, 2.45) is 23.7 Å². The van der Waals surface area contributed by atoms with Crippen molar-refractivity contribution in [2.75, 3.05) is 40.8 Å². The highest BCUT2D eigenvalue weighted by Crippen LogP contribution is 2.43. The van der Waals surface area contributed by atoms with Gasteiger partial charge in [0.25, 0.3) is 0 Å². The monoisotopic (exact) mass is 894 g/mol. The van der Waals surface area contributed by atoms with E-state index in [1.54, 1.807) is 41.7 Å². The normalized spacial score (nSPS) is 45.0. The molecule has 1 aromatic rings. The van der Waals surface area contributed by atoms with Crippen molar-refractivity contribution in [3.05, 3.63) is 30.3 Å². The lowest BCUT2D eigenvalue weighted by Crippen LogP contribution is -2.70. The van der Waals surface area contributed by atoms with Gasteiger partial charge in [-0.05, 0) is 132 Å². The van der Waals surface area contributed by atoms with Crippen molar-refractivity contribution in [1.29, 1.82) is 0 Å². The maximum atomic E-state index is 14.6. The van der Waals surface area contributed by atoms with Crippen molar-refractivity contribution < 1.29 is 58.4 Å². The van der Waals surface area contributed by atoms with Gasteiger partial charge in [-0.3, -0.25) is 4.79 Å². The van der Waals surface area contributed by atoms with Gasteiger partial charge in [-0.25, -0.2) is 0 Å². The average molecular weight is 894 g/mol. The van der Waals surface area contributed by atoms with E-state index < -0.39 is 95.5 Å². The molecule has 3 aliphatic heterocycles. The topological polar surface area (TPSA) is 190 Å². The highest BCUT2D eigenvalue weighted by Gasteiger charge is 2.58. The number of carbonyl (C=O) groups excluding carboxylic acids is 1. The Labute approximate surface area is 377 Å². The molecule has 0 spiro atoms. The molecule has 0 amide bonds. The highest BCUT2D eigenvalue weighted by atomic mass is 16.7. The van der Waals surface area contributed by atoms with E-state index in [0.717, 1.165) is 6.54 Å². The Bertz CT molecular complexity index is 1580. The molecular weight excluding hydrogens is 811 g/mol. The maximum Gasteiger partial charge on any atom is 0.311 e. The molecule has 3 heterocycles. The highest BCUT2D eigenvalue weighted by molar-refractivity contribution is 5.73. The second-order valence-corrected chi connectivity index (χ2v) is 20.5. The van der Waals surface area contributed by atoms with Crippen molar-refractivity contribution in [3.8, 4) is 5.75 Å². The first-order valence-electron chi connectivity index (χ1n) is 23.5. The number of likely N-dealkylation sites (N-methyl/N-ethyl adjacent to an activating group) is 1. The van der Waals surface area contributed by atoms with Crippen LogP contribution in [0.1, 0.15) is 108 Å². The summed E-state index contributed by atoms with van der Waals surface area (Å²) in [6.07, 6.45) is -4.39. The fourth-order valence-electron chi connectivity index (χ4n) is 10.3. The molecule has 0 bridgehead atoms. The average Bonchev–Trinajstić information content (AvgIpc) is 4.06. The number of cyclic esters (lactones) is 1. The van der Waals surface area contributed by atoms with Crippen molar-refractivity contribution >= 4 is 5.97 Å². The van der Waals surface area contributed by atoms with E-state index >= 15 is 0 Å². The minimum absolute atomic E-state index is 0.113. The summed E-state index contributed by atoms with van der Waals surface area (Å²) in [5.41, 5.74) is -5.92. The van der Waals surface area contributed by atoms with Crippen LogP contribution < -0.4 is 15.4 Å². The van der Waals surface area contributed by atoms with Crippen LogP contribution in [0.4, 0.5) is 0 Å². The van der Waals surface area contributed by atoms with Crippen molar-refractivity contribution in [3.63, 3.8) is 0 Å². The number of para-hydroxylation sites is 1. The van der Waals surface area contributed by atoms with Gasteiger partial charge in [0.1, 0.15) is 34.8 Å². The number of benzene rings is 1. The van der Waals surface area contributed by atoms with E-state index in [1.807, 2.05) is 72.1 Å². The number of nitrogens with zero attached hydrogens (tertiary/aromatic N) is 1. The van der Waals surface area contributed by atoms with E-state index in [4.69, 9.17) is 33.2 Å². The maximum absolute atomic E-state index is 14.6. The number of hydrogen-bond acceptors (Lipinski definition) is 15. The number of methoxy groups -OCH3 is 1. The quantitative estimate of drug-likeness (QED) is 0.156. The van der Waals surface area contributed by atoms with Crippen LogP contribution in [0.5, 0.6) is 5.75 Å². The lowest BCUT2D eigenvalue weighted by molar-refractivity contribution is -0.335. The number of rotatable bonds is 13. The predicted octanol–water partition coefficient (Wildman–Crippen LogP) is 4.02. The second-order valence-electron chi connectivity index (χ2n) is 20.5. The Balaban J connectivity index is 1.58. The molecular formula is C48H83N3O12. The molecule has 4 fully saturated rings. The Morgan fingerprint density at radius 2 is 1.60 bits per heavy atom. The zero-order valence-electron chi connectivity index (χ0n) is 40.4. The van der Waals surface area contributed by atoms with Gasteiger partial charge in [-0.2, -0.15) is 0 Å². The number of aliphatic hydroxyl groups excluding tert-OH is 1. The molecule has 1 saturated carbocycles. The molecule has 3 saturated heterocycles. The molecule has 4 aliphatic rings. The van der Waals surface area contributed by atoms with Crippen LogP contribution >= 0.6 is 0 Å². The summed E-state index contributed by atoms with van der Waals surface area (Å²) in [6, 6.07) is 8.79. The summed E-state index contributed by atoms with van der Waals surface area (Å²) in [6.45, 7) is 19.4. The SMILES string of the molecule is CC[C@H]1OC(=O)[C@H](C)[C@@H](O[C@H]2C[C@@](C)(OC)[C@](O)(CNCC3CC3)[C@H](C)O2)[C@H](C)[C@@H](O[C@@H]2O[C@H](C)C[C@H](N(C)C)[C@H]2Oc2ccccc2)[C@](C)(O)C[C@@H](C)CN[C@H](C)[C@@H](O)[C@]1(C)O. The van der Waals surface area contributed by atoms with Gasteiger partial charge in [-0.1, -0.05) is 39.0 Å². The third-order valence-electron chi connectivity index (χ3n) is 14.7. The van der Waals surface area contributed by atoms with Gasteiger partial charge in [0, 0.05) is 32.0 Å². The largest absolute Gasteiger partial charge is 0.483 e.